The Balaban J connectivity index is 1.51. The van der Waals surface area contributed by atoms with E-state index in [9.17, 15) is 4.79 Å². The third-order valence-corrected chi connectivity index (χ3v) is 4.64. The fraction of sp³-hybridized carbons (Fsp3) is 0.316. The van der Waals surface area contributed by atoms with Crippen molar-refractivity contribution in [3.63, 3.8) is 0 Å². The van der Waals surface area contributed by atoms with Crippen LogP contribution in [0.4, 0.5) is 11.5 Å². The van der Waals surface area contributed by atoms with Crippen LogP contribution in [0.15, 0.2) is 36.5 Å². The lowest BCUT2D eigenvalue weighted by atomic mass is 10.1. The molecular formula is C19H21N5O. The quantitative estimate of drug-likeness (QED) is 0.768. The van der Waals surface area contributed by atoms with Gasteiger partial charge in [0, 0.05) is 18.5 Å². The number of amides is 1. The molecule has 0 aliphatic carbocycles. The van der Waals surface area contributed by atoms with E-state index in [1.165, 1.54) is 19.3 Å². The molecule has 1 saturated heterocycles. The summed E-state index contributed by atoms with van der Waals surface area (Å²) in [5.74, 6) is 0.282. The SMILES string of the molecule is Cc1ccc2[nH]nc(C(=O)Nc3ccc(N4CCCCC4)cn3)c2c1. The Hall–Kier alpha value is -2.89. The van der Waals surface area contributed by atoms with E-state index in [-0.39, 0.29) is 5.91 Å². The number of hydrogen-bond acceptors (Lipinski definition) is 4. The normalized spacial score (nSPS) is 14.7. The Morgan fingerprint density at radius 2 is 2.00 bits per heavy atom. The fourth-order valence-corrected chi connectivity index (χ4v) is 3.28. The summed E-state index contributed by atoms with van der Waals surface area (Å²) in [6.45, 7) is 4.15. The molecule has 1 aliphatic rings. The lowest BCUT2D eigenvalue weighted by molar-refractivity contribution is 0.102. The molecule has 2 N–H and O–H groups in total. The van der Waals surface area contributed by atoms with E-state index in [2.05, 4.69) is 25.4 Å². The van der Waals surface area contributed by atoms with Crippen LogP contribution in [0.25, 0.3) is 10.9 Å². The first-order chi connectivity index (χ1) is 12.2. The Morgan fingerprint density at radius 1 is 1.16 bits per heavy atom. The second-order valence-electron chi connectivity index (χ2n) is 6.52. The smallest absolute Gasteiger partial charge is 0.277 e. The van der Waals surface area contributed by atoms with Crippen LogP contribution in [0.1, 0.15) is 35.3 Å². The van der Waals surface area contributed by atoms with E-state index in [0.717, 1.165) is 35.2 Å². The molecule has 1 aliphatic heterocycles. The first-order valence-electron chi connectivity index (χ1n) is 8.68. The van der Waals surface area contributed by atoms with Crippen molar-refractivity contribution in [2.75, 3.05) is 23.3 Å². The number of rotatable bonds is 3. The van der Waals surface area contributed by atoms with Crippen molar-refractivity contribution in [3.05, 3.63) is 47.8 Å². The molecule has 1 fully saturated rings. The van der Waals surface area contributed by atoms with Crippen molar-refractivity contribution in [1.29, 1.82) is 0 Å². The van der Waals surface area contributed by atoms with E-state index in [1.54, 1.807) is 0 Å². The van der Waals surface area contributed by atoms with Crippen molar-refractivity contribution >= 4 is 28.3 Å². The van der Waals surface area contributed by atoms with E-state index in [1.807, 2.05) is 43.5 Å². The highest BCUT2D eigenvalue weighted by Crippen LogP contribution is 2.21. The number of anilines is 2. The molecule has 4 rings (SSSR count). The second-order valence-corrected chi connectivity index (χ2v) is 6.52. The van der Waals surface area contributed by atoms with Crippen LogP contribution in [0.3, 0.4) is 0 Å². The number of carbonyl (C=O) groups is 1. The number of benzene rings is 1. The highest BCUT2D eigenvalue weighted by atomic mass is 16.2. The minimum Gasteiger partial charge on any atom is -0.370 e. The van der Waals surface area contributed by atoms with Crippen molar-refractivity contribution in [3.8, 4) is 0 Å². The highest BCUT2D eigenvalue weighted by molar-refractivity contribution is 6.10. The van der Waals surface area contributed by atoms with E-state index >= 15 is 0 Å². The summed E-state index contributed by atoms with van der Waals surface area (Å²) in [4.78, 5) is 19.3. The van der Waals surface area contributed by atoms with Gasteiger partial charge in [0.2, 0.25) is 0 Å². The summed E-state index contributed by atoms with van der Waals surface area (Å²) in [5.41, 5.74) is 3.44. The first kappa shape index (κ1) is 15.6. The van der Waals surface area contributed by atoms with Crippen LogP contribution in [0.5, 0.6) is 0 Å². The Bertz CT molecular complexity index is 894. The number of nitrogens with zero attached hydrogens (tertiary/aromatic N) is 3. The maximum absolute atomic E-state index is 12.5. The summed E-state index contributed by atoms with van der Waals surface area (Å²) in [7, 11) is 0. The maximum Gasteiger partial charge on any atom is 0.277 e. The number of pyridine rings is 1. The van der Waals surface area contributed by atoms with Gasteiger partial charge in [-0.15, -0.1) is 0 Å². The van der Waals surface area contributed by atoms with Gasteiger partial charge >= 0.3 is 0 Å². The van der Waals surface area contributed by atoms with Gasteiger partial charge in [-0.2, -0.15) is 5.10 Å². The topological polar surface area (TPSA) is 73.9 Å². The molecule has 0 saturated carbocycles. The number of aromatic nitrogens is 3. The molecule has 1 amide bonds. The number of fused-ring (bicyclic) bond motifs is 1. The van der Waals surface area contributed by atoms with Crippen molar-refractivity contribution in [2.24, 2.45) is 0 Å². The summed E-state index contributed by atoms with van der Waals surface area (Å²) >= 11 is 0. The molecule has 0 spiro atoms. The molecule has 25 heavy (non-hydrogen) atoms. The van der Waals surface area contributed by atoms with Gasteiger partial charge in [-0.1, -0.05) is 11.6 Å². The first-order valence-corrected chi connectivity index (χ1v) is 8.68. The van der Waals surface area contributed by atoms with Gasteiger partial charge in [-0.3, -0.25) is 9.89 Å². The van der Waals surface area contributed by atoms with Gasteiger partial charge in [-0.05, 0) is 50.5 Å². The zero-order chi connectivity index (χ0) is 17.2. The van der Waals surface area contributed by atoms with Gasteiger partial charge in [0.25, 0.3) is 5.91 Å². The van der Waals surface area contributed by atoms with Crippen LogP contribution >= 0.6 is 0 Å². The summed E-state index contributed by atoms with van der Waals surface area (Å²) in [5, 5.41) is 10.7. The molecule has 0 atom stereocenters. The van der Waals surface area contributed by atoms with Gasteiger partial charge in [0.15, 0.2) is 5.69 Å². The average Bonchev–Trinajstić information content (AvgIpc) is 3.06. The van der Waals surface area contributed by atoms with E-state index in [4.69, 9.17) is 0 Å². The number of nitrogens with one attached hydrogen (secondary N) is 2. The number of piperidine rings is 1. The number of hydrogen-bond donors (Lipinski definition) is 2. The molecule has 128 valence electrons. The number of aryl methyl sites for hydroxylation is 1. The van der Waals surface area contributed by atoms with Gasteiger partial charge in [0.05, 0.1) is 17.4 Å². The molecule has 3 heterocycles. The Labute approximate surface area is 146 Å². The molecule has 2 aromatic heterocycles. The molecular weight excluding hydrogens is 314 g/mol. The standard InChI is InChI=1S/C19H21N5O/c1-13-5-7-16-15(11-13)18(23-22-16)19(25)21-17-8-6-14(12-20-17)24-9-3-2-4-10-24/h5-8,11-12H,2-4,9-10H2,1H3,(H,22,23)(H,20,21,25). The van der Waals surface area contributed by atoms with Crippen molar-refractivity contribution < 1.29 is 4.79 Å². The minimum atomic E-state index is -0.255. The average molecular weight is 335 g/mol. The predicted molar refractivity (Wildman–Crippen MR) is 99.1 cm³/mol. The second kappa shape index (κ2) is 6.55. The molecule has 0 bridgehead atoms. The molecule has 6 nitrogen and oxygen atoms in total. The maximum atomic E-state index is 12.5. The molecule has 3 aromatic rings. The van der Waals surface area contributed by atoms with Crippen molar-refractivity contribution in [2.45, 2.75) is 26.2 Å². The molecule has 0 radical (unpaired) electrons. The zero-order valence-electron chi connectivity index (χ0n) is 14.2. The number of aromatic amines is 1. The summed E-state index contributed by atoms with van der Waals surface area (Å²) < 4.78 is 0. The highest BCUT2D eigenvalue weighted by Gasteiger charge is 2.16. The molecule has 0 unspecified atom stereocenters. The van der Waals surface area contributed by atoms with Gasteiger partial charge in [0.1, 0.15) is 5.82 Å². The van der Waals surface area contributed by atoms with Crippen LogP contribution < -0.4 is 10.2 Å². The predicted octanol–water partition coefficient (Wildman–Crippen LogP) is 3.51. The van der Waals surface area contributed by atoms with Gasteiger partial charge in [-0.25, -0.2) is 4.98 Å². The minimum absolute atomic E-state index is 0.255. The number of carbonyl (C=O) groups excluding carboxylic acids is 1. The van der Waals surface area contributed by atoms with Crippen molar-refractivity contribution in [1.82, 2.24) is 15.2 Å². The van der Waals surface area contributed by atoms with Crippen LogP contribution in [0, 0.1) is 6.92 Å². The largest absolute Gasteiger partial charge is 0.370 e. The third-order valence-electron chi connectivity index (χ3n) is 4.64. The monoisotopic (exact) mass is 335 g/mol. The van der Waals surface area contributed by atoms with Crippen LogP contribution in [-0.2, 0) is 0 Å². The fourth-order valence-electron chi connectivity index (χ4n) is 3.28. The van der Waals surface area contributed by atoms with Gasteiger partial charge < -0.3 is 10.2 Å². The van der Waals surface area contributed by atoms with Crippen LogP contribution in [-0.4, -0.2) is 34.2 Å². The zero-order valence-corrected chi connectivity index (χ0v) is 14.2. The van der Waals surface area contributed by atoms with E-state index in [0.29, 0.717) is 11.5 Å². The lowest BCUT2D eigenvalue weighted by Gasteiger charge is -2.28. The lowest BCUT2D eigenvalue weighted by Crippen LogP contribution is -2.29. The molecule has 1 aromatic carbocycles. The van der Waals surface area contributed by atoms with Crippen LogP contribution in [0.2, 0.25) is 0 Å². The number of H-pyrrole nitrogens is 1. The Morgan fingerprint density at radius 3 is 2.76 bits per heavy atom. The summed E-state index contributed by atoms with van der Waals surface area (Å²) in [6, 6.07) is 9.74. The third kappa shape index (κ3) is 3.20. The molecule has 6 heteroatoms. The van der Waals surface area contributed by atoms with E-state index < -0.39 is 0 Å². The Kier molecular flexibility index (Phi) is 4.09. The summed E-state index contributed by atoms with van der Waals surface area (Å²) in [6.07, 6.45) is 5.58.